The Labute approximate surface area is 161 Å². The Morgan fingerprint density at radius 1 is 1.30 bits per heavy atom. The summed E-state index contributed by atoms with van der Waals surface area (Å²) in [5, 5.41) is 12.9. The molecule has 7 nitrogen and oxygen atoms in total. The van der Waals surface area contributed by atoms with E-state index in [1.165, 1.54) is 0 Å². The van der Waals surface area contributed by atoms with Crippen LogP contribution in [0.1, 0.15) is 25.3 Å². The minimum absolute atomic E-state index is 0.137. The number of aliphatic imine (C=N–C) groups is 1. The molecule has 3 rings (SSSR count). The molecule has 2 aliphatic rings. The molecule has 0 saturated carbocycles. The molecule has 2 aliphatic heterocycles. The first-order chi connectivity index (χ1) is 13.2. The standard InChI is InChI=1S/C20H30N4O3/c1-2-21-20(22-9-8-16-5-3-6-17(25)15-16)24-12-10-23(11-13-24)19(26)18-7-4-14-27-18/h3,5-6,15,18,25H,2,4,7-14H2,1H3,(H,21,22). The van der Waals surface area contributed by atoms with Crippen LogP contribution in [-0.4, -0.2) is 78.8 Å². The number of nitrogens with zero attached hydrogens (tertiary/aromatic N) is 3. The highest BCUT2D eigenvalue weighted by Crippen LogP contribution is 2.16. The number of benzene rings is 1. The molecule has 0 spiro atoms. The number of hydrogen-bond donors (Lipinski definition) is 2. The van der Waals surface area contributed by atoms with Crippen molar-refractivity contribution in [1.82, 2.24) is 15.1 Å². The van der Waals surface area contributed by atoms with Crippen LogP contribution in [-0.2, 0) is 16.0 Å². The highest BCUT2D eigenvalue weighted by atomic mass is 16.5. The van der Waals surface area contributed by atoms with Gasteiger partial charge < -0.3 is 25.0 Å². The molecule has 148 valence electrons. The molecule has 2 saturated heterocycles. The Morgan fingerprint density at radius 3 is 2.74 bits per heavy atom. The summed E-state index contributed by atoms with van der Waals surface area (Å²) in [5.74, 6) is 1.32. The maximum atomic E-state index is 12.5. The van der Waals surface area contributed by atoms with E-state index in [0.717, 1.165) is 50.4 Å². The summed E-state index contributed by atoms with van der Waals surface area (Å²) in [7, 11) is 0. The van der Waals surface area contributed by atoms with Gasteiger partial charge in [-0.1, -0.05) is 12.1 Å². The molecule has 1 aromatic carbocycles. The molecule has 7 heteroatoms. The Kier molecular flexibility index (Phi) is 6.92. The zero-order valence-corrected chi connectivity index (χ0v) is 16.1. The number of piperazine rings is 1. The second-order valence-corrected chi connectivity index (χ2v) is 6.97. The van der Waals surface area contributed by atoms with Gasteiger partial charge in [0.25, 0.3) is 5.91 Å². The molecular weight excluding hydrogens is 344 g/mol. The summed E-state index contributed by atoms with van der Waals surface area (Å²) in [6, 6.07) is 7.30. The van der Waals surface area contributed by atoms with E-state index in [0.29, 0.717) is 26.2 Å². The number of carbonyl (C=O) groups is 1. The van der Waals surface area contributed by atoms with Gasteiger partial charge in [0.15, 0.2) is 5.96 Å². The number of aromatic hydroxyl groups is 1. The zero-order valence-electron chi connectivity index (χ0n) is 16.1. The first kappa shape index (κ1) is 19.5. The normalized spacial score (nSPS) is 20.8. The maximum Gasteiger partial charge on any atom is 0.251 e. The lowest BCUT2D eigenvalue weighted by Gasteiger charge is -2.37. The number of carbonyl (C=O) groups excluding carboxylic acids is 1. The molecule has 0 aromatic heterocycles. The fraction of sp³-hybridized carbons (Fsp3) is 0.600. The monoisotopic (exact) mass is 374 g/mol. The molecule has 1 amide bonds. The molecule has 1 atom stereocenters. The van der Waals surface area contributed by atoms with Crippen molar-refractivity contribution in [2.45, 2.75) is 32.3 Å². The average Bonchev–Trinajstić information content (AvgIpc) is 3.22. The molecule has 27 heavy (non-hydrogen) atoms. The smallest absolute Gasteiger partial charge is 0.251 e. The fourth-order valence-electron chi connectivity index (χ4n) is 3.54. The predicted octanol–water partition coefficient (Wildman–Crippen LogP) is 1.22. The Balaban J connectivity index is 1.51. The van der Waals surface area contributed by atoms with Crippen molar-refractivity contribution < 1.29 is 14.6 Å². The Hall–Kier alpha value is -2.28. The van der Waals surface area contributed by atoms with Crippen LogP contribution >= 0.6 is 0 Å². The molecule has 1 aromatic rings. The van der Waals surface area contributed by atoms with E-state index in [1.807, 2.05) is 17.0 Å². The summed E-state index contributed by atoms with van der Waals surface area (Å²) >= 11 is 0. The van der Waals surface area contributed by atoms with E-state index >= 15 is 0 Å². The lowest BCUT2D eigenvalue weighted by Crippen LogP contribution is -2.55. The SMILES string of the molecule is CCNC(=NCCc1cccc(O)c1)N1CCN(C(=O)C2CCCO2)CC1. The number of nitrogens with one attached hydrogen (secondary N) is 1. The van der Waals surface area contributed by atoms with Gasteiger partial charge in [0.2, 0.25) is 0 Å². The summed E-state index contributed by atoms with van der Waals surface area (Å²) in [6.07, 6.45) is 2.37. The van der Waals surface area contributed by atoms with Gasteiger partial charge in [0, 0.05) is 45.9 Å². The number of phenols is 1. The molecule has 0 aliphatic carbocycles. The number of hydrogen-bond acceptors (Lipinski definition) is 4. The fourth-order valence-corrected chi connectivity index (χ4v) is 3.54. The number of guanidine groups is 1. The van der Waals surface area contributed by atoms with Gasteiger partial charge in [-0.3, -0.25) is 9.79 Å². The van der Waals surface area contributed by atoms with Crippen LogP contribution in [0.15, 0.2) is 29.3 Å². The lowest BCUT2D eigenvalue weighted by molar-refractivity contribution is -0.142. The van der Waals surface area contributed by atoms with Crippen molar-refractivity contribution in [3.05, 3.63) is 29.8 Å². The van der Waals surface area contributed by atoms with Gasteiger partial charge in [-0.05, 0) is 43.9 Å². The Bertz CT molecular complexity index is 650. The number of amides is 1. The van der Waals surface area contributed by atoms with E-state index in [1.54, 1.807) is 12.1 Å². The summed E-state index contributed by atoms with van der Waals surface area (Å²) in [4.78, 5) is 21.3. The number of phenolic OH excluding ortho intramolecular Hbond substituents is 1. The van der Waals surface area contributed by atoms with Crippen LogP contribution in [0.3, 0.4) is 0 Å². The van der Waals surface area contributed by atoms with Crippen molar-refractivity contribution in [1.29, 1.82) is 0 Å². The Morgan fingerprint density at radius 2 is 2.07 bits per heavy atom. The van der Waals surface area contributed by atoms with E-state index in [-0.39, 0.29) is 17.8 Å². The summed E-state index contributed by atoms with van der Waals surface area (Å²) in [5.41, 5.74) is 1.07. The van der Waals surface area contributed by atoms with Gasteiger partial charge in [-0.2, -0.15) is 0 Å². The molecule has 2 N–H and O–H groups in total. The van der Waals surface area contributed by atoms with Gasteiger partial charge in [0.05, 0.1) is 0 Å². The van der Waals surface area contributed by atoms with Crippen LogP contribution in [0.25, 0.3) is 0 Å². The molecule has 1 unspecified atom stereocenters. The zero-order chi connectivity index (χ0) is 19.1. The molecule has 2 heterocycles. The van der Waals surface area contributed by atoms with Crippen LogP contribution < -0.4 is 5.32 Å². The van der Waals surface area contributed by atoms with E-state index < -0.39 is 0 Å². The van der Waals surface area contributed by atoms with E-state index in [4.69, 9.17) is 9.73 Å². The second-order valence-electron chi connectivity index (χ2n) is 6.97. The topological polar surface area (TPSA) is 77.4 Å². The van der Waals surface area contributed by atoms with Gasteiger partial charge in [0.1, 0.15) is 11.9 Å². The van der Waals surface area contributed by atoms with Crippen molar-refractivity contribution >= 4 is 11.9 Å². The second kappa shape index (κ2) is 9.60. The van der Waals surface area contributed by atoms with Crippen LogP contribution in [0.2, 0.25) is 0 Å². The third-order valence-corrected chi connectivity index (χ3v) is 5.00. The van der Waals surface area contributed by atoms with Gasteiger partial charge in [-0.25, -0.2) is 0 Å². The van der Waals surface area contributed by atoms with Crippen LogP contribution in [0.5, 0.6) is 5.75 Å². The molecular formula is C20H30N4O3. The third kappa shape index (κ3) is 5.35. The minimum atomic E-state index is -0.235. The van der Waals surface area contributed by atoms with Crippen molar-refractivity contribution in [3.8, 4) is 5.75 Å². The maximum absolute atomic E-state index is 12.5. The van der Waals surface area contributed by atoms with Crippen LogP contribution in [0.4, 0.5) is 0 Å². The largest absolute Gasteiger partial charge is 0.508 e. The highest BCUT2D eigenvalue weighted by molar-refractivity contribution is 5.82. The first-order valence-electron chi connectivity index (χ1n) is 9.89. The predicted molar refractivity (Wildman–Crippen MR) is 105 cm³/mol. The average molecular weight is 374 g/mol. The molecule has 0 radical (unpaired) electrons. The minimum Gasteiger partial charge on any atom is -0.508 e. The third-order valence-electron chi connectivity index (χ3n) is 5.00. The van der Waals surface area contributed by atoms with E-state index in [2.05, 4.69) is 17.1 Å². The van der Waals surface area contributed by atoms with E-state index in [9.17, 15) is 9.90 Å². The first-order valence-corrected chi connectivity index (χ1v) is 9.89. The number of rotatable bonds is 5. The van der Waals surface area contributed by atoms with Gasteiger partial charge in [-0.15, -0.1) is 0 Å². The highest BCUT2D eigenvalue weighted by Gasteiger charge is 2.30. The van der Waals surface area contributed by atoms with Crippen LogP contribution in [0, 0.1) is 0 Å². The summed E-state index contributed by atoms with van der Waals surface area (Å²) in [6.45, 7) is 7.17. The van der Waals surface area contributed by atoms with Crippen molar-refractivity contribution in [2.24, 2.45) is 4.99 Å². The number of ether oxygens (including phenoxy) is 1. The van der Waals surface area contributed by atoms with Crippen molar-refractivity contribution in [2.75, 3.05) is 45.9 Å². The van der Waals surface area contributed by atoms with Gasteiger partial charge >= 0.3 is 0 Å². The quantitative estimate of drug-likeness (QED) is 0.599. The molecule has 2 fully saturated rings. The molecule has 0 bridgehead atoms. The lowest BCUT2D eigenvalue weighted by atomic mass is 10.1. The summed E-state index contributed by atoms with van der Waals surface area (Å²) < 4.78 is 5.53. The van der Waals surface area contributed by atoms with Crippen molar-refractivity contribution in [3.63, 3.8) is 0 Å².